The monoisotopic (exact) mass is 1400 g/mol. The van der Waals surface area contributed by atoms with Crippen molar-refractivity contribution < 1.29 is 80.2 Å². The molecule has 0 spiro atoms. The van der Waals surface area contributed by atoms with Crippen molar-refractivity contribution in [2.24, 2.45) is 0 Å². The Balaban J connectivity index is 5.12. The summed E-state index contributed by atoms with van der Waals surface area (Å²) in [5.41, 5.74) is 0. The minimum absolute atomic E-state index is 0.151. The molecule has 96 heavy (non-hydrogen) atoms. The zero-order valence-electron chi connectivity index (χ0n) is 60.4. The number of rotatable bonds is 79. The highest BCUT2D eigenvalue weighted by molar-refractivity contribution is 7.47. The van der Waals surface area contributed by atoms with Gasteiger partial charge in [-0.25, -0.2) is 9.13 Å². The number of allylic oxidation sites excluding steroid dienone is 10. The van der Waals surface area contributed by atoms with Crippen LogP contribution in [-0.4, -0.2) is 117 Å². The summed E-state index contributed by atoms with van der Waals surface area (Å²) in [6.07, 6.45) is 73.9. The Morgan fingerprint density at radius 3 is 0.969 bits per heavy atom. The van der Waals surface area contributed by atoms with E-state index in [-0.39, 0.29) is 32.2 Å². The number of unbranched alkanes of at least 4 members (excludes halogenated alkanes) is 40. The van der Waals surface area contributed by atoms with Gasteiger partial charge in [0.15, 0.2) is 0 Å². The van der Waals surface area contributed by atoms with Gasteiger partial charge in [-0.15, -0.1) is 0 Å². The van der Waals surface area contributed by atoms with Gasteiger partial charge < -0.3 is 48.2 Å². The van der Waals surface area contributed by atoms with Gasteiger partial charge in [0, 0.05) is 45.5 Å². The molecule has 0 fully saturated rings. The minimum atomic E-state index is -4.80. The van der Waals surface area contributed by atoms with Crippen LogP contribution in [0.1, 0.15) is 328 Å². The number of hydrogen-bond acceptors (Lipinski definition) is 15. The molecular weight excluding hydrogens is 1260 g/mol. The predicted octanol–water partition coefficient (Wildman–Crippen LogP) is 20.8. The van der Waals surface area contributed by atoms with Crippen LogP contribution in [0.4, 0.5) is 0 Å². The molecule has 0 saturated carbocycles. The van der Waals surface area contributed by atoms with Crippen LogP contribution in [-0.2, 0) is 65.4 Å². The number of aliphatic hydroxyl groups excluding tert-OH is 1. The third-order valence-electron chi connectivity index (χ3n) is 16.5. The van der Waals surface area contributed by atoms with Crippen molar-refractivity contribution in [2.45, 2.75) is 346 Å². The van der Waals surface area contributed by atoms with Gasteiger partial charge in [-0.3, -0.25) is 22.9 Å². The summed E-state index contributed by atoms with van der Waals surface area (Å²) in [6, 6.07) is 0. The van der Waals surface area contributed by atoms with Gasteiger partial charge >= 0.3 is 21.6 Å². The van der Waals surface area contributed by atoms with Crippen molar-refractivity contribution in [3.8, 4) is 0 Å². The van der Waals surface area contributed by atoms with E-state index in [2.05, 4.69) is 67.7 Å². The standard InChI is InChI=1S/C77H140O17P2/c1-2-3-4-5-6-7-8-9-12-19-26-33-40-47-54-61-77(82)90-71-76(89-67-60-53-46-39-32-25-18-15-22-29-36-43-50-57-64-80)73-94-96(85,86)92-69-74(81)68-91-95(83,84)93-72-75(88-66-59-52-45-38-31-24-17-14-21-28-35-42-49-56-63-79)70-87-65-58-51-44-37-30-23-16-11-10-13-20-27-34-41-48-55-62-78/h6-7,9-10,12-15,17-18,62-64,74-76,81H,2-5,8,11,16,19-61,65-73H2,1H3,(H,83,84)(H,85,86)/b7-6-,12-9-,13-10-,17-14-,18-15-/t74-,75+,76+/m0/s1. The largest absolute Gasteiger partial charge is 0.472 e. The minimum Gasteiger partial charge on any atom is -0.463 e. The lowest BCUT2D eigenvalue weighted by molar-refractivity contribution is -0.149. The maximum atomic E-state index is 13.1. The van der Waals surface area contributed by atoms with Crippen LogP contribution in [0.3, 0.4) is 0 Å². The molecule has 5 atom stereocenters. The second-order valence-electron chi connectivity index (χ2n) is 25.8. The number of carbonyl (C=O) groups excluding carboxylic acids is 4. The molecule has 19 heteroatoms. The number of carbonyl (C=O) groups is 4. The van der Waals surface area contributed by atoms with Crippen LogP contribution in [0.25, 0.3) is 0 Å². The van der Waals surface area contributed by atoms with Gasteiger partial charge in [-0.2, -0.15) is 0 Å². The lowest BCUT2D eigenvalue weighted by atomic mass is 10.1. The molecule has 3 N–H and O–H groups in total. The fraction of sp³-hybridized carbons (Fsp3) is 0.818. The van der Waals surface area contributed by atoms with Gasteiger partial charge in [-0.1, -0.05) is 209 Å². The van der Waals surface area contributed by atoms with Crippen LogP contribution in [0.15, 0.2) is 60.8 Å². The van der Waals surface area contributed by atoms with E-state index in [4.69, 9.17) is 37.0 Å². The highest BCUT2D eigenvalue weighted by Gasteiger charge is 2.29. The zero-order chi connectivity index (χ0) is 69.9. The molecule has 0 aliphatic heterocycles. The van der Waals surface area contributed by atoms with E-state index in [0.717, 1.165) is 250 Å². The second kappa shape index (κ2) is 74.9. The molecule has 0 aliphatic carbocycles. The fourth-order valence-electron chi connectivity index (χ4n) is 10.6. The fourth-order valence-corrected chi connectivity index (χ4v) is 12.1. The van der Waals surface area contributed by atoms with E-state index >= 15 is 0 Å². The molecule has 0 aromatic heterocycles. The Kier molecular flexibility index (Phi) is 72.8. The summed E-state index contributed by atoms with van der Waals surface area (Å²) >= 11 is 0. The Bertz CT molecular complexity index is 1960. The summed E-state index contributed by atoms with van der Waals surface area (Å²) < 4.78 is 70.6. The third kappa shape index (κ3) is 73.9. The van der Waals surface area contributed by atoms with Crippen LogP contribution in [0.5, 0.6) is 0 Å². The van der Waals surface area contributed by atoms with Crippen molar-refractivity contribution >= 4 is 40.5 Å². The highest BCUT2D eigenvalue weighted by atomic mass is 31.2. The lowest BCUT2D eigenvalue weighted by Gasteiger charge is -2.21. The van der Waals surface area contributed by atoms with Gasteiger partial charge in [0.05, 0.1) is 33.0 Å². The zero-order valence-corrected chi connectivity index (χ0v) is 62.2. The van der Waals surface area contributed by atoms with Gasteiger partial charge in [-0.05, 0) is 154 Å². The quantitative estimate of drug-likeness (QED) is 0.0169. The SMILES string of the molecule is CCCCC/C=C\C/C=C\CCCCCCCC(=O)OC[C@H](COP(=O)(O)OC[C@@H](O)COP(=O)(O)OC[C@@H](COCCCCCCCCC/C=C\CCCCCCC=O)OCCCCCCC/C=C\CCCCCCC=O)OCCCCCCC/C=C\CCCCCCC=O. The topological polar surface area (TPSA) is 237 Å². The van der Waals surface area contributed by atoms with E-state index in [1.165, 1.54) is 57.8 Å². The Morgan fingerprint density at radius 1 is 0.333 bits per heavy atom. The number of aldehydes is 3. The van der Waals surface area contributed by atoms with E-state index < -0.39 is 53.8 Å². The molecule has 0 aliphatic rings. The van der Waals surface area contributed by atoms with Crippen molar-refractivity contribution in [2.75, 3.05) is 59.5 Å². The number of phosphoric acid groups is 2. The molecule has 0 saturated heterocycles. The summed E-state index contributed by atoms with van der Waals surface area (Å²) in [5, 5.41) is 10.6. The molecule has 0 radical (unpaired) electrons. The maximum absolute atomic E-state index is 13.1. The molecule has 0 aromatic carbocycles. The first-order valence-corrected chi connectivity index (χ1v) is 41.4. The Hall–Kier alpha value is -2.76. The number of hydrogen-bond donors (Lipinski definition) is 3. The smallest absolute Gasteiger partial charge is 0.463 e. The third-order valence-corrected chi connectivity index (χ3v) is 18.4. The number of aliphatic hydroxyl groups is 1. The van der Waals surface area contributed by atoms with Gasteiger partial charge in [0.1, 0.15) is 43.8 Å². The van der Waals surface area contributed by atoms with E-state index in [9.17, 15) is 43.2 Å². The summed E-state index contributed by atoms with van der Waals surface area (Å²) in [5.74, 6) is -0.389. The van der Waals surface area contributed by atoms with E-state index in [1.54, 1.807) is 0 Å². The van der Waals surface area contributed by atoms with Crippen LogP contribution >= 0.6 is 15.6 Å². The Morgan fingerprint density at radius 2 is 0.615 bits per heavy atom. The van der Waals surface area contributed by atoms with Crippen molar-refractivity contribution in [3.63, 3.8) is 0 Å². The van der Waals surface area contributed by atoms with E-state index in [0.29, 0.717) is 45.5 Å². The molecule has 0 aromatic rings. The molecular formula is C77H140O17P2. The Labute approximate surface area is 584 Å². The maximum Gasteiger partial charge on any atom is 0.472 e. The molecule has 560 valence electrons. The lowest BCUT2D eigenvalue weighted by Crippen LogP contribution is -2.28. The number of esters is 1. The molecule has 0 heterocycles. The first-order valence-electron chi connectivity index (χ1n) is 38.4. The van der Waals surface area contributed by atoms with Crippen LogP contribution < -0.4 is 0 Å². The number of ether oxygens (including phenoxy) is 4. The van der Waals surface area contributed by atoms with E-state index in [1.807, 2.05) is 0 Å². The normalized spacial score (nSPS) is 14.4. The van der Waals surface area contributed by atoms with Crippen molar-refractivity contribution in [3.05, 3.63) is 60.8 Å². The molecule has 17 nitrogen and oxygen atoms in total. The highest BCUT2D eigenvalue weighted by Crippen LogP contribution is 2.45. The number of phosphoric ester groups is 2. The second-order valence-corrected chi connectivity index (χ2v) is 28.7. The first kappa shape index (κ1) is 93.2. The first-order chi connectivity index (χ1) is 47.0. The van der Waals surface area contributed by atoms with Crippen LogP contribution in [0.2, 0.25) is 0 Å². The average Bonchev–Trinajstić information content (AvgIpc) is 3.42. The molecule has 0 amide bonds. The summed E-state index contributed by atoms with van der Waals surface area (Å²) in [6.45, 7) is 1.17. The summed E-state index contributed by atoms with van der Waals surface area (Å²) in [4.78, 5) is 65.5. The molecule has 0 bridgehead atoms. The van der Waals surface area contributed by atoms with Crippen molar-refractivity contribution in [1.29, 1.82) is 0 Å². The van der Waals surface area contributed by atoms with Crippen LogP contribution in [0, 0.1) is 0 Å². The van der Waals surface area contributed by atoms with Gasteiger partial charge in [0.25, 0.3) is 0 Å². The molecule has 2 unspecified atom stereocenters. The summed E-state index contributed by atoms with van der Waals surface area (Å²) in [7, 11) is -9.53. The average molecular weight is 1400 g/mol. The molecule has 0 rings (SSSR count). The van der Waals surface area contributed by atoms with Gasteiger partial charge in [0.2, 0.25) is 0 Å². The predicted molar refractivity (Wildman–Crippen MR) is 391 cm³/mol. The van der Waals surface area contributed by atoms with Crippen molar-refractivity contribution in [1.82, 2.24) is 0 Å².